The van der Waals surface area contributed by atoms with Crippen molar-refractivity contribution in [2.24, 2.45) is 11.7 Å². The van der Waals surface area contributed by atoms with E-state index in [4.69, 9.17) is 10.2 Å². The Morgan fingerprint density at radius 1 is 1.36 bits per heavy atom. The molecule has 2 heterocycles. The number of hydrogen-bond donors (Lipinski definition) is 1. The summed E-state index contributed by atoms with van der Waals surface area (Å²) in [5.41, 5.74) is 6.86. The van der Waals surface area contributed by atoms with Crippen LogP contribution in [0.3, 0.4) is 0 Å². The number of nitrogens with two attached hydrogens (primary N) is 1. The van der Waals surface area contributed by atoms with Crippen LogP contribution in [0.15, 0.2) is 28.7 Å². The second kappa shape index (κ2) is 6.80. The van der Waals surface area contributed by atoms with Gasteiger partial charge in [-0.3, -0.25) is 4.79 Å². The third-order valence-corrected chi connectivity index (χ3v) is 5.73. The molecule has 1 amide bonds. The third-order valence-electron chi connectivity index (χ3n) is 4.92. The smallest absolute Gasteiger partial charge is 0.290 e. The topological polar surface area (TPSA) is 93.6 Å². The molecule has 0 radical (unpaired) electrons. The maximum Gasteiger partial charge on any atom is 0.290 e. The van der Waals surface area contributed by atoms with Gasteiger partial charge in [0.2, 0.25) is 0 Å². The van der Waals surface area contributed by atoms with Gasteiger partial charge in [0.25, 0.3) is 5.91 Å². The van der Waals surface area contributed by atoms with E-state index in [-0.39, 0.29) is 23.5 Å². The molecule has 1 aliphatic rings. The van der Waals surface area contributed by atoms with Crippen LogP contribution in [0.4, 0.5) is 0 Å². The summed E-state index contributed by atoms with van der Waals surface area (Å²) in [6.45, 7) is 3.09. The average Bonchev–Trinajstić information content (AvgIpc) is 2.91. The number of amides is 1. The summed E-state index contributed by atoms with van der Waals surface area (Å²) < 4.78 is 29.6. The summed E-state index contributed by atoms with van der Waals surface area (Å²) in [7, 11) is -3.31. The van der Waals surface area contributed by atoms with Gasteiger partial charge in [0, 0.05) is 36.3 Å². The number of sulfone groups is 1. The van der Waals surface area contributed by atoms with Crippen LogP contribution in [-0.4, -0.2) is 44.6 Å². The molecule has 1 aromatic carbocycles. The fraction of sp³-hybridized carbons (Fsp3) is 0.500. The van der Waals surface area contributed by atoms with Gasteiger partial charge in [0.05, 0.1) is 5.75 Å². The molecule has 6 nitrogen and oxygen atoms in total. The minimum absolute atomic E-state index is 0.0551. The molecule has 3 rings (SSSR count). The molecule has 7 heteroatoms. The molecular formula is C18H24N2O4S. The Bertz CT molecular complexity index is 888. The average molecular weight is 364 g/mol. The highest BCUT2D eigenvalue weighted by Gasteiger charge is 2.34. The number of piperidine rings is 1. The Kier molecular flexibility index (Phi) is 4.88. The van der Waals surface area contributed by atoms with Gasteiger partial charge < -0.3 is 15.1 Å². The molecule has 0 aliphatic carbocycles. The Labute approximate surface area is 147 Å². The van der Waals surface area contributed by atoms with Gasteiger partial charge in [0.15, 0.2) is 15.6 Å². The number of benzene rings is 1. The summed E-state index contributed by atoms with van der Waals surface area (Å²) in [5, 5.41) is 0.672. The molecule has 0 unspecified atom stereocenters. The van der Waals surface area contributed by atoms with E-state index in [2.05, 4.69) is 6.92 Å². The Morgan fingerprint density at radius 2 is 2.08 bits per heavy atom. The molecular weight excluding hydrogens is 340 g/mol. The van der Waals surface area contributed by atoms with Crippen LogP contribution >= 0.6 is 0 Å². The molecule has 1 aromatic heterocycles. The van der Waals surface area contributed by atoms with Crippen molar-refractivity contribution >= 4 is 26.7 Å². The van der Waals surface area contributed by atoms with Gasteiger partial charge in [-0.1, -0.05) is 25.1 Å². The molecule has 1 saturated heterocycles. The number of rotatable bonds is 4. The Balaban J connectivity index is 2.07. The number of carbonyl (C=O) groups excluding carboxylic acids is 1. The van der Waals surface area contributed by atoms with Crippen molar-refractivity contribution in [3.63, 3.8) is 0 Å². The SMILES string of the molecule is C[C@H]1CCCN(C(=O)c2oc3ccccc3c2CS(C)(=O)=O)[C@@H]1CN. The molecule has 0 bridgehead atoms. The zero-order chi connectivity index (χ0) is 18.2. The molecule has 1 fully saturated rings. The summed E-state index contributed by atoms with van der Waals surface area (Å²) in [6.07, 6.45) is 3.10. The largest absolute Gasteiger partial charge is 0.451 e. The third kappa shape index (κ3) is 3.57. The van der Waals surface area contributed by atoms with E-state index in [0.717, 1.165) is 19.1 Å². The van der Waals surface area contributed by atoms with Crippen molar-refractivity contribution in [2.45, 2.75) is 31.6 Å². The lowest BCUT2D eigenvalue weighted by atomic mass is 9.90. The first-order chi connectivity index (χ1) is 11.8. The number of hydrogen-bond acceptors (Lipinski definition) is 5. The quantitative estimate of drug-likeness (QED) is 0.897. The standard InChI is InChI=1S/C18H24N2O4S/c1-12-6-5-9-20(15(12)10-19)18(21)17-14(11-25(2,22)23)13-7-3-4-8-16(13)24-17/h3-4,7-8,12,15H,5-6,9-11,19H2,1-2H3/t12-,15+/m0/s1. The lowest BCUT2D eigenvalue weighted by Crippen LogP contribution is -2.51. The normalized spacial score (nSPS) is 21.6. The fourth-order valence-corrected chi connectivity index (χ4v) is 4.48. The van der Waals surface area contributed by atoms with Crippen LogP contribution in [0.1, 0.15) is 35.9 Å². The zero-order valence-corrected chi connectivity index (χ0v) is 15.4. The van der Waals surface area contributed by atoms with Gasteiger partial charge in [-0.25, -0.2) is 8.42 Å². The fourth-order valence-electron chi connectivity index (χ4n) is 3.67. The van der Waals surface area contributed by atoms with Gasteiger partial charge in [-0.05, 0) is 24.8 Å². The summed E-state index contributed by atoms with van der Waals surface area (Å²) in [5.74, 6) is -0.0524. The van der Waals surface area contributed by atoms with Crippen molar-refractivity contribution < 1.29 is 17.6 Å². The summed E-state index contributed by atoms with van der Waals surface area (Å²) in [4.78, 5) is 14.9. The molecule has 0 spiro atoms. The van der Waals surface area contributed by atoms with E-state index in [0.29, 0.717) is 35.5 Å². The minimum Gasteiger partial charge on any atom is -0.451 e. The number of para-hydroxylation sites is 1. The van der Waals surface area contributed by atoms with Crippen LogP contribution in [0.25, 0.3) is 11.0 Å². The van der Waals surface area contributed by atoms with Crippen LogP contribution in [0.5, 0.6) is 0 Å². The van der Waals surface area contributed by atoms with Crippen LogP contribution in [0, 0.1) is 5.92 Å². The first-order valence-corrected chi connectivity index (χ1v) is 10.6. The van der Waals surface area contributed by atoms with Crippen molar-refractivity contribution in [3.05, 3.63) is 35.6 Å². The van der Waals surface area contributed by atoms with E-state index in [1.807, 2.05) is 6.07 Å². The number of nitrogens with zero attached hydrogens (tertiary/aromatic N) is 1. The molecule has 2 atom stereocenters. The first-order valence-electron chi connectivity index (χ1n) is 8.51. The first kappa shape index (κ1) is 17.9. The van der Waals surface area contributed by atoms with Crippen LogP contribution < -0.4 is 5.73 Å². The maximum absolute atomic E-state index is 13.2. The van der Waals surface area contributed by atoms with Crippen LogP contribution in [0.2, 0.25) is 0 Å². The molecule has 0 saturated carbocycles. The second-order valence-corrected chi connectivity index (χ2v) is 9.04. The molecule has 136 valence electrons. The lowest BCUT2D eigenvalue weighted by molar-refractivity contribution is 0.0502. The monoisotopic (exact) mass is 364 g/mol. The van der Waals surface area contributed by atoms with E-state index >= 15 is 0 Å². The Hall–Kier alpha value is -1.86. The van der Waals surface area contributed by atoms with E-state index in [9.17, 15) is 13.2 Å². The minimum atomic E-state index is -3.31. The zero-order valence-electron chi connectivity index (χ0n) is 14.6. The molecule has 1 aliphatic heterocycles. The predicted octanol–water partition coefficient (Wildman–Crippen LogP) is 2.18. The van der Waals surface area contributed by atoms with Crippen molar-refractivity contribution in [1.82, 2.24) is 4.90 Å². The number of carbonyl (C=O) groups is 1. The van der Waals surface area contributed by atoms with Gasteiger partial charge in [-0.2, -0.15) is 0 Å². The number of likely N-dealkylation sites (tertiary alicyclic amines) is 1. The molecule has 2 N–H and O–H groups in total. The van der Waals surface area contributed by atoms with Gasteiger partial charge >= 0.3 is 0 Å². The van der Waals surface area contributed by atoms with Crippen molar-refractivity contribution in [3.8, 4) is 0 Å². The number of fused-ring (bicyclic) bond motifs is 1. The highest BCUT2D eigenvalue weighted by Crippen LogP contribution is 2.31. The molecule has 2 aromatic rings. The highest BCUT2D eigenvalue weighted by molar-refractivity contribution is 7.89. The van der Waals surface area contributed by atoms with Gasteiger partial charge in [-0.15, -0.1) is 0 Å². The molecule has 25 heavy (non-hydrogen) atoms. The second-order valence-electron chi connectivity index (χ2n) is 6.90. The van der Waals surface area contributed by atoms with E-state index < -0.39 is 9.84 Å². The van der Waals surface area contributed by atoms with E-state index in [1.165, 1.54) is 0 Å². The highest BCUT2D eigenvalue weighted by atomic mass is 32.2. The van der Waals surface area contributed by atoms with Crippen LogP contribution in [-0.2, 0) is 15.6 Å². The number of furan rings is 1. The van der Waals surface area contributed by atoms with Crippen molar-refractivity contribution in [1.29, 1.82) is 0 Å². The maximum atomic E-state index is 13.2. The lowest BCUT2D eigenvalue weighted by Gasteiger charge is -2.39. The summed E-state index contributed by atoms with van der Waals surface area (Å²) >= 11 is 0. The Morgan fingerprint density at radius 3 is 2.76 bits per heavy atom. The van der Waals surface area contributed by atoms with Gasteiger partial charge in [0.1, 0.15) is 5.58 Å². The predicted molar refractivity (Wildman–Crippen MR) is 97.0 cm³/mol. The van der Waals surface area contributed by atoms with Crippen molar-refractivity contribution in [2.75, 3.05) is 19.3 Å². The van der Waals surface area contributed by atoms with E-state index in [1.54, 1.807) is 23.1 Å². The summed E-state index contributed by atoms with van der Waals surface area (Å²) in [6, 6.07) is 7.09.